The van der Waals surface area contributed by atoms with E-state index in [0.29, 0.717) is 5.75 Å². The fourth-order valence-corrected chi connectivity index (χ4v) is 3.63. The zero-order valence-corrected chi connectivity index (χ0v) is 15.5. The number of amides is 1. The molecule has 22 heavy (non-hydrogen) atoms. The van der Waals surface area contributed by atoms with Crippen LogP contribution < -0.4 is 10.6 Å². The average molecular weight is 401 g/mol. The van der Waals surface area contributed by atoms with Crippen LogP contribution in [0.25, 0.3) is 0 Å². The molecule has 2 N–H and O–H groups in total. The number of aromatic nitrogens is 2. The van der Waals surface area contributed by atoms with Gasteiger partial charge >= 0.3 is 0 Å². The molecule has 118 valence electrons. The van der Waals surface area contributed by atoms with Crippen LogP contribution in [0, 0.1) is 0 Å². The van der Waals surface area contributed by atoms with Crippen molar-refractivity contribution in [2.45, 2.75) is 24.2 Å². The third-order valence-corrected chi connectivity index (χ3v) is 5.35. The molecule has 1 aromatic carbocycles. The van der Waals surface area contributed by atoms with Gasteiger partial charge in [0.2, 0.25) is 11.0 Å². The molecule has 0 aliphatic rings. The Morgan fingerprint density at radius 3 is 2.77 bits per heavy atom. The standard InChI is InChI=1S/C14H17BrN4OS2/c1-3-16-13-18-19-14(22-13)21-8-12(20)17-9(2)10-4-6-11(15)7-5-10/h4-7,9H,3,8H2,1-2H3,(H,16,18)(H,17,20). The van der Waals surface area contributed by atoms with E-state index in [0.717, 1.165) is 26.1 Å². The van der Waals surface area contributed by atoms with Crippen LogP contribution in [0.4, 0.5) is 5.13 Å². The number of hydrogen-bond acceptors (Lipinski definition) is 6. The molecule has 0 aliphatic carbocycles. The molecule has 1 heterocycles. The number of benzene rings is 1. The van der Waals surface area contributed by atoms with Gasteiger partial charge in [-0.25, -0.2) is 0 Å². The smallest absolute Gasteiger partial charge is 0.230 e. The largest absolute Gasteiger partial charge is 0.360 e. The third kappa shape index (κ3) is 5.26. The minimum absolute atomic E-state index is 0.0133. The van der Waals surface area contributed by atoms with Gasteiger partial charge in [-0.15, -0.1) is 10.2 Å². The molecule has 0 saturated carbocycles. The Morgan fingerprint density at radius 1 is 1.36 bits per heavy atom. The van der Waals surface area contributed by atoms with E-state index in [2.05, 4.69) is 36.8 Å². The van der Waals surface area contributed by atoms with Gasteiger partial charge in [-0.2, -0.15) is 0 Å². The molecule has 0 fully saturated rings. The molecule has 2 rings (SSSR count). The Balaban J connectivity index is 1.80. The van der Waals surface area contributed by atoms with Crippen molar-refractivity contribution in [1.29, 1.82) is 0 Å². The van der Waals surface area contributed by atoms with Crippen LogP contribution in [-0.2, 0) is 4.79 Å². The van der Waals surface area contributed by atoms with Gasteiger partial charge in [-0.05, 0) is 31.5 Å². The summed E-state index contributed by atoms with van der Waals surface area (Å²) in [5.41, 5.74) is 1.08. The second-order valence-corrected chi connectivity index (χ2v) is 7.65. The summed E-state index contributed by atoms with van der Waals surface area (Å²) in [5.74, 6) is 0.322. The first-order valence-electron chi connectivity index (χ1n) is 6.83. The Morgan fingerprint density at radius 2 is 2.09 bits per heavy atom. The first kappa shape index (κ1) is 17.2. The van der Waals surface area contributed by atoms with Gasteiger partial charge in [0.05, 0.1) is 11.8 Å². The van der Waals surface area contributed by atoms with E-state index in [-0.39, 0.29) is 11.9 Å². The van der Waals surface area contributed by atoms with Crippen LogP contribution >= 0.6 is 39.0 Å². The van der Waals surface area contributed by atoms with E-state index < -0.39 is 0 Å². The SMILES string of the molecule is CCNc1nnc(SCC(=O)NC(C)c2ccc(Br)cc2)s1. The normalized spacial score (nSPS) is 12.0. The summed E-state index contributed by atoms with van der Waals surface area (Å²) in [6, 6.07) is 7.91. The Bertz CT molecular complexity index is 618. The fraction of sp³-hybridized carbons (Fsp3) is 0.357. The molecule has 0 bridgehead atoms. The van der Waals surface area contributed by atoms with E-state index in [1.165, 1.54) is 23.1 Å². The highest BCUT2D eigenvalue weighted by atomic mass is 79.9. The molecule has 1 atom stereocenters. The highest BCUT2D eigenvalue weighted by molar-refractivity contribution is 9.10. The van der Waals surface area contributed by atoms with Gasteiger partial charge < -0.3 is 10.6 Å². The fourth-order valence-electron chi connectivity index (χ4n) is 1.74. The summed E-state index contributed by atoms with van der Waals surface area (Å²) in [6.45, 7) is 4.79. The van der Waals surface area contributed by atoms with Crippen LogP contribution in [0.1, 0.15) is 25.5 Å². The van der Waals surface area contributed by atoms with E-state index in [9.17, 15) is 4.79 Å². The maximum atomic E-state index is 12.0. The second-order valence-electron chi connectivity index (χ2n) is 4.53. The lowest BCUT2D eigenvalue weighted by Gasteiger charge is -2.14. The van der Waals surface area contributed by atoms with Crippen molar-refractivity contribution in [2.24, 2.45) is 0 Å². The highest BCUT2D eigenvalue weighted by Gasteiger charge is 2.11. The lowest BCUT2D eigenvalue weighted by Crippen LogP contribution is -2.28. The Hall–Kier alpha value is -1.12. The number of nitrogens with one attached hydrogen (secondary N) is 2. The number of carbonyl (C=O) groups excluding carboxylic acids is 1. The van der Waals surface area contributed by atoms with Crippen molar-refractivity contribution in [1.82, 2.24) is 15.5 Å². The lowest BCUT2D eigenvalue weighted by atomic mass is 10.1. The van der Waals surface area contributed by atoms with Crippen molar-refractivity contribution in [3.63, 3.8) is 0 Å². The predicted molar refractivity (Wildman–Crippen MR) is 95.5 cm³/mol. The first-order chi connectivity index (χ1) is 10.6. The van der Waals surface area contributed by atoms with Gasteiger partial charge in [-0.1, -0.05) is 51.2 Å². The maximum Gasteiger partial charge on any atom is 0.230 e. The van der Waals surface area contributed by atoms with E-state index >= 15 is 0 Å². The van der Waals surface area contributed by atoms with Crippen molar-refractivity contribution in [2.75, 3.05) is 17.6 Å². The molecule has 1 aromatic heterocycles. The molecule has 1 unspecified atom stereocenters. The van der Waals surface area contributed by atoms with Crippen molar-refractivity contribution >= 4 is 50.1 Å². The van der Waals surface area contributed by atoms with Gasteiger partial charge in [0, 0.05) is 11.0 Å². The van der Waals surface area contributed by atoms with Crippen molar-refractivity contribution < 1.29 is 4.79 Å². The van der Waals surface area contributed by atoms with Gasteiger partial charge in [-0.3, -0.25) is 4.79 Å². The maximum absolute atomic E-state index is 12.0. The summed E-state index contributed by atoms with van der Waals surface area (Å²) in [6.07, 6.45) is 0. The van der Waals surface area contributed by atoms with Crippen molar-refractivity contribution in [3.8, 4) is 0 Å². The number of nitrogens with zero attached hydrogens (tertiary/aromatic N) is 2. The first-order valence-corrected chi connectivity index (χ1v) is 9.43. The van der Waals surface area contributed by atoms with Gasteiger partial charge in [0.1, 0.15) is 0 Å². The van der Waals surface area contributed by atoms with E-state index in [1.54, 1.807) is 0 Å². The number of rotatable bonds is 7. The zero-order valence-electron chi connectivity index (χ0n) is 12.3. The van der Waals surface area contributed by atoms with Crippen LogP contribution in [0.15, 0.2) is 33.1 Å². The average Bonchev–Trinajstić information content (AvgIpc) is 2.94. The van der Waals surface area contributed by atoms with E-state index in [4.69, 9.17) is 0 Å². The number of hydrogen-bond donors (Lipinski definition) is 2. The molecule has 2 aromatic rings. The molecule has 1 amide bonds. The molecule has 8 heteroatoms. The van der Waals surface area contributed by atoms with Gasteiger partial charge in [0.15, 0.2) is 4.34 Å². The highest BCUT2D eigenvalue weighted by Crippen LogP contribution is 2.25. The summed E-state index contributed by atoms with van der Waals surface area (Å²) < 4.78 is 1.82. The lowest BCUT2D eigenvalue weighted by molar-refractivity contribution is -0.119. The molecule has 0 saturated heterocycles. The van der Waals surface area contributed by atoms with Crippen LogP contribution in [0.3, 0.4) is 0 Å². The minimum Gasteiger partial charge on any atom is -0.360 e. The summed E-state index contributed by atoms with van der Waals surface area (Å²) in [5, 5.41) is 14.9. The van der Waals surface area contributed by atoms with E-state index in [1.807, 2.05) is 38.1 Å². The number of halogens is 1. The summed E-state index contributed by atoms with van der Waals surface area (Å²) >= 11 is 6.26. The van der Waals surface area contributed by atoms with Crippen LogP contribution in [-0.4, -0.2) is 28.4 Å². The summed E-state index contributed by atoms with van der Waals surface area (Å²) in [7, 11) is 0. The molecular formula is C14H17BrN4OS2. The molecule has 0 radical (unpaired) electrons. The second kappa shape index (κ2) is 8.50. The topological polar surface area (TPSA) is 66.9 Å². The quantitative estimate of drug-likeness (QED) is 0.693. The monoisotopic (exact) mass is 400 g/mol. The third-order valence-electron chi connectivity index (χ3n) is 2.81. The molecular weight excluding hydrogens is 384 g/mol. The molecule has 0 aliphatic heterocycles. The zero-order chi connectivity index (χ0) is 15.9. The van der Waals surface area contributed by atoms with Crippen LogP contribution in [0.5, 0.6) is 0 Å². The number of carbonyl (C=O) groups is 1. The predicted octanol–water partition coefficient (Wildman–Crippen LogP) is 3.70. The molecule has 0 spiro atoms. The number of anilines is 1. The molecule has 5 nitrogen and oxygen atoms in total. The summed E-state index contributed by atoms with van der Waals surface area (Å²) in [4.78, 5) is 12.0. The Labute approximate surface area is 146 Å². The Kier molecular flexibility index (Phi) is 6.66. The minimum atomic E-state index is -0.0204. The van der Waals surface area contributed by atoms with Crippen molar-refractivity contribution in [3.05, 3.63) is 34.3 Å². The van der Waals surface area contributed by atoms with Crippen LogP contribution in [0.2, 0.25) is 0 Å². The van der Waals surface area contributed by atoms with Gasteiger partial charge in [0.25, 0.3) is 0 Å². The number of thioether (sulfide) groups is 1.